The zero-order chi connectivity index (χ0) is 20.5. The fourth-order valence-corrected chi connectivity index (χ4v) is 5.17. The molecule has 3 aromatic rings. The quantitative estimate of drug-likeness (QED) is 0.447. The van der Waals surface area contributed by atoms with E-state index in [0.717, 1.165) is 36.0 Å². The minimum atomic E-state index is -0.334. The average Bonchev–Trinajstić information content (AvgIpc) is 2.83. The van der Waals surface area contributed by atoms with E-state index in [1.807, 2.05) is 60.8 Å². The van der Waals surface area contributed by atoms with E-state index in [-0.39, 0.29) is 18.1 Å². The van der Waals surface area contributed by atoms with Gasteiger partial charge in [-0.3, -0.25) is 9.88 Å². The topological polar surface area (TPSA) is 42.4 Å². The molecule has 4 heteroatoms. The Hall–Kier alpha value is -2.98. The van der Waals surface area contributed by atoms with Gasteiger partial charge in [0.2, 0.25) is 0 Å². The van der Waals surface area contributed by atoms with Gasteiger partial charge in [-0.2, -0.15) is 0 Å². The third-order valence-electron chi connectivity index (χ3n) is 6.74. The molecule has 0 aliphatic carbocycles. The highest BCUT2D eigenvalue weighted by Gasteiger charge is 2.44. The number of hydrogen-bond donors (Lipinski definition) is 0. The molecule has 6 rings (SSSR count). The molecular weight excluding hydrogens is 372 g/mol. The molecule has 3 saturated heterocycles. The first-order chi connectivity index (χ1) is 14.7. The Kier molecular flexibility index (Phi) is 5.09. The minimum absolute atomic E-state index is 0.165. The van der Waals surface area contributed by atoms with Crippen molar-refractivity contribution in [3.63, 3.8) is 0 Å². The van der Waals surface area contributed by atoms with Gasteiger partial charge >= 0.3 is 5.97 Å². The van der Waals surface area contributed by atoms with Crippen molar-refractivity contribution >= 4 is 16.9 Å². The van der Waals surface area contributed by atoms with Gasteiger partial charge in [0, 0.05) is 23.7 Å². The Labute approximate surface area is 177 Å². The van der Waals surface area contributed by atoms with Crippen LogP contribution < -0.4 is 0 Å². The van der Waals surface area contributed by atoms with Crippen LogP contribution in [0.15, 0.2) is 79.5 Å². The number of pyridine rings is 1. The van der Waals surface area contributed by atoms with Gasteiger partial charge in [-0.1, -0.05) is 42.5 Å². The van der Waals surface area contributed by atoms with E-state index in [9.17, 15) is 4.79 Å². The summed E-state index contributed by atoms with van der Waals surface area (Å²) in [6, 6.07) is 19.5. The second kappa shape index (κ2) is 8.04. The smallest absolute Gasteiger partial charge is 0.338 e. The molecule has 0 saturated carbocycles. The summed E-state index contributed by atoms with van der Waals surface area (Å²) < 4.78 is 6.26. The number of hydrogen-bond acceptors (Lipinski definition) is 4. The predicted octanol–water partition coefficient (Wildman–Crippen LogP) is 5.03. The first-order valence-electron chi connectivity index (χ1n) is 10.7. The molecule has 0 N–H and O–H groups in total. The van der Waals surface area contributed by atoms with Crippen molar-refractivity contribution in [2.75, 3.05) is 13.1 Å². The van der Waals surface area contributed by atoms with Crippen LogP contribution in [0.4, 0.5) is 0 Å². The largest absolute Gasteiger partial charge is 0.452 e. The van der Waals surface area contributed by atoms with Crippen molar-refractivity contribution in [3.8, 4) is 0 Å². The van der Waals surface area contributed by atoms with E-state index in [2.05, 4.69) is 28.6 Å². The van der Waals surface area contributed by atoms with Gasteiger partial charge in [-0.15, -0.1) is 6.58 Å². The molecule has 3 aliphatic rings. The highest BCUT2D eigenvalue weighted by molar-refractivity contribution is 5.90. The zero-order valence-electron chi connectivity index (χ0n) is 17.0. The van der Waals surface area contributed by atoms with Crippen LogP contribution in [-0.2, 0) is 4.74 Å². The lowest BCUT2D eigenvalue weighted by molar-refractivity contribution is -0.0568. The maximum Gasteiger partial charge on any atom is 0.338 e. The summed E-state index contributed by atoms with van der Waals surface area (Å²) in [5, 5.41) is 1.05. The summed E-state index contributed by atoms with van der Waals surface area (Å²) in [6.07, 6.45) is 5.78. The zero-order valence-corrected chi connectivity index (χ0v) is 17.0. The molecule has 5 atom stereocenters. The van der Waals surface area contributed by atoms with E-state index >= 15 is 0 Å². The van der Waals surface area contributed by atoms with Crippen molar-refractivity contribution in [1.29, 1.82) is 0 Å². The van der Waals surface area contributed by atoms with Gasteiger partial charge in [0.15, 0.2) is 0 Å². The summed E-state index contributed by atoms with van der Waals surface area (Å²) in [4.78, 5) is 20.1. The lowest BCUT2D eigenvalue weighted by atomic mass is 9.73. The number of carbonyl (C=O) groups excluding carboxylic acids is 1. The van der Waals surface area contributed by atoms with Gasteiger partial charge in [-0.05, 0) is 55.5 Å². The first kappa shape index (κ1) is 19.0. The maximum absolute atomic E-state index is 13.1. The summed E-state index contributed by atoms with van der Waals surface area (Å²) in [5.41, 5.74) is 2.55. The molecule has 2 bridgehead atoms. The average molecular weight is 399 g/mol. The lowest BCUT2D eigenvalue weighted by Crippen LogP contribution is -2.55. The van der Waals surface area contributed by atoms with Crippen LogP contribution in [0, 0.1) is 11.8 Å². The Morgan fingerprint density at radius 2 is 1.93 bits per heavy atom. The SMILES string of the molecule is C=C[C@@H]1CN2CC[C@H]1C[C@H]2[C@@H](OC(=O)c1ccccc1)c1ccnc2ccccc12. The fourth-order valence-electron chi connectivity index (χ4n) is 5.17. The second-order valence-corrected chi connectivity index (χ2v) is 8.36. The molecule has 4 heterocycles. The molecule has 30 heavy (non-hydrogen) atoms. The van der Waals surface area contributed by atoms with Crippen LogP contribution in [0.2, 0.25) is 0 Å². The Balaban J connectivity index is 1.54. The van der Waals surface area contributed by atoms with Crippen molar-refractivity contribution in [2.24, 2.45) is 11.8 Å². The number of ether oxygens (including phenoxy) is 1. The van der Waals surface area contributed by atoms with Crippen molar-refractivity contribution in [3.05, 3.63) is 90.6 Å². The standard InChI is InChI=1S/C26H26N2O2/c1-2-18-17-28-15-13-20(18)16-24(28)25(30-26(29)19-8-4-3-5-9-19)22-12-14-27-23-11-7-6-10-21(22)23/h2-12,14,18,20,24-25H,1,13,15-17H2/t18-,20+,24+,25+/m1/s1. The Bertz CT molecular complexity index is 1060. The van der Waals surface area contributed by atoms with E-state index in [1.165, 1.54) is 6.42 Å². The molecule has 1 aromatic heterocycles. The molecule has 152 valence electrons. The van der Waals surface area contributed by atoms with Gasteiger partial charge in [0.25, 0.3) is 0 Å². The van der Waals surface area contributed by atoms with Gasteiger partial charge < -0.3 is 4.74 Å². The number of carbonyl (C=O) groups is 1. The number of nitrogens with zero attached hydrogens (tertiary/aromatic N) is 2. The van der Waals surface area contributed by atoms with Crippen molar-refractivity contribution in [2.45, 2.75) is 25.0 Å². The molecule has 0 radical (unpaired) electrons. The third-order valence-corrected chi connectivity index (χ3v) is 6.74. The lowest BCUT2D eigenvalue weighted by Gasteiger charge is -2.51. The minimum Gasteiger partial charge on any atom is -0.452 e. The Morgan fingerprint density at radius 1 is 1.13 bits per heavy atom. The summed E-state index contributed by atoms with van der Waals surface area (Å²) >= 11 is 0. The van der Waals surface area contributed by atoms with Crippen LogP contribution >= 0.6 is 0 Å². The highest BCUT2D eigenvalue weighted by Crippen LogP contribution is 2.43. The van der Waals surface area contributed by atoms with Crippen LogP contribution in [0.3, 0.4) is 0 Å². The maximum atomic E-state index is 13.1. The van der Waals surface area contributed by atoms with Crippen molar-refractivity contribution < 1.29 is 9.53 Å². The molecule has 1 unspecified atom stereocenters. The number of esters is 1. The second-order valence-electron chi connectivity index (χ2n) is 8.36. The van der Waals surface area contributed by atoms with E-state index < -0.39 is 0 Å². The monoisotopic (exact) mass is 398 g/mol. The number of rotatable bonds is 5. The number of benzene rings is 2. The van der Waals surface area contributed by atoms with E-state index in [1.54, 1.807) is 0 Å². The molecule has 4 nitrogen and oxygen atoms in total. The van der Waals surface area contributed by atoms with Crippen LogP contribution in [0.5, 0.6) is 0 Å². The summed E-state index contributed by atoms with van der Waals surface area (Å²) in [6.45, 7) is 6.07. The third kappa shape index (κ3) is 3.41. The highest BCUT2D eigenvalue weighted by atomic mass is 16.5. The van der Waals surface area contributed by atoms with Gasteiger partial charge in [0.1, 0.15) is 6.10 Å². The van der Waals surface area contributed by atoms with Crippen LogP contribution in [-0.4, -0.2) is 35.0 Å². The molecule has 0 amide bonds. The normalized spacial score (nSPS) is 26.3. The van der Waals surface area contributed by atoms with E-state index in [4.69, 9.17) is 4.74 Å². The van der Waals surface area contributed by atoms with Crippen LogP contribution in [0.1, 0.15) is 34.9 Å². The van der Waals surface area contributed by atoms with Gasteiger partial charge in [-0.25, -0.2) is 4.79 Å². The summed E-state index contributed by atoms with van der Waals surface area (Å²) in [5.74, 6) is 0.850. The van der Waals surface area contributed by atoms with Crippen molar-refractivity contribution in [1.82, 2.24) is 9.88 Å². The number of aromatic nitrogens is 1. The molecule has 3 aliphatic heterocycles. The summed E-state index contributed by atoms with van der Waals surface area (Å²) in [7, 11) is 0. The van der Waals surface area contributed by atoms with Gasteiger partial charge in [0.05, 0.1) is 17.1 Å². The molecular formula is C26H26N2O2. The number of fused-ring (bicyclic) bond motifs is 4. The predicted molar refractivity (Wildman–Crippen MR) is 118 cm³/mol. The number of piperidine rings is 3. The first-order valence-corrected chi connectivity index (χ1v) is 10.7. The van der Waals surface area contributed by atoms with Crippen LogP contribution in [0.25, 0.3) is 10.9 Å². The van der Waals surface area contributed by atoms with E-state index in [0.29, 0.717) is 17.4 Å². The molecule has 3 fully saturated rings. The number of para-hydroxylation sites is 1. The molecule has 2 aromatic carbocycles. The fraction of sp³-hybridized carbons (Fsp3) is 0.308. The molecule has 0 spiro atoms. The Morgan fingerprint density at radius 3 is 2.70 bits per heavy atom.